The maximum Gasteiger partial charge on any atom is 0.408 e. The monoisotopic (exact) mass is 355 g/mol. The molecule has 116 valence electrons. The molecule has 0 spiro atoms. The van der Waals surface area contributed by atoms with Gasteiger partial charge in [-0.25, -0.2) is 4.79 Å². The van der Waals surface area contributed by atoms with Gasteiger partial charge in [-0.3, -0.25) is 0 Å². The second kappa shape index (κ2) is 5.87. The molecule has 1 aromatic rings. The first-order valence-electron chi connectivity index (χ1n) is 7.09. The molecule has 0 bridgehead atoms. The Balaban J connectivity index is 1.90. The summed E-state index contributed by atoms with van der Waals surface area (Å²) in [5.41, 5.74) is 0.310. The van der Waals surface area contributed by atoms with E-state index < -0.39 is 5.60 Å². The van der Waals surface area contributed by atoms with Crippen LogP contribution < -0.4 is 10.1 Å². The predicted octanol–water partition coefficient (Wildman–Crippen LogP) is 4.19. The molecule has 1 aliphatic rings. The fraction of sp³-hybridized carbons (Fsp3) is 0.562. The Hall–Kier alpha value is -1.23. The summed E-state index contributed by atoms with van der Waals surface area (Å²) in [5.74, 6) is 0.835. The molecule has 0 aromatic heterocycles. The van der Waals surface area contributed by atoms with Gasteiger partial charge in [0.2, 0.25) is 0 Å². The number of benzene rings is 1. The second-order valence-corrected chi connectivity index (χ2v) is 7.52. The summed E-state index contributed by atoms with van der Waals surface area (Å²) in [6.45, 7) is 8.03. The van der Waals surface area contributed by atoms with Gasteiger partial charge in [0.1, 0.15) is 18.0 Å². The van der Waals surface area contributed by atoms with Crippen LogP contribution in [-0.4, -0.2) is 23.8 Å². The minimum absolute atomic E-state index is 0.281. The Labute approximate surface area is 134 Å². The molecule has 1 amide bonds. The molecule has 0 saturated heterocycles. The van der Waals surface area contributed by atoms with Crippen molar-refractivity contribution < 1.29 is 14.3 Å². The van der Waals surface area contributed by atoms with E-state index >= 15 is 0 Å². The number of nitrogens with one attached hydrogen (secondary N) is 1. The van der Waals surface area contributed by atoms with Gasteiger partial charge in [-0.2, -0.15) is 0 Å². The summed E-state index contributed by atoms with van der Waals surface area (Å²) < 4.78 is 12.2. The van der Waals surface area contributed by atoms with Gasteiger partial charge in [-0.1, -0.05) is 22.0 Å². The predicted molar refractivity (Wildman–Crippen MR) is 85.7 cm³/mol. The molecule has 5 heteroatoms. The summed E-state index contributed by atoms with van der Waals surface area (Å²) in [6.07, 6.45) is 1.45. The smallest absolute Gasteiger partial charge is 0.408 e. The Morgan fingerprint density at radius 2 is 2.05 bits per heavy atom. The molecule has 1 aliphatic carbocycles. The molecule has 0 heterocycles. The van der Waals surface area contributed by atoms with Crippen molar-refractivity contribution in [3.05, 3.63) is 28.2 Å². The number of hydrogen-bond donors (Lipinski definition) is 1. The molecule has 0 radical (unpaired) electrons. The minimum atomic E-state index is -0.484. The van der Waals surface area contributed by atoms with Crippen LogP contribution in [0, 0.1) is 6.92 Å². The highest BCUT2D eigenvalue weighted by Crippen LogP contribution is 2.37. The lowest BCUT2D eigenvalue weighted by atomic mass is 10.2. The fourth-order valence-corrected chi connectivity index (χ4v) is 2.26. The molecule has 21 heavy (non-hydrogen) atoms. The lowest BCUT2D eigenvalue weighted by Gasteiger charge is -2.23. The third kappa shape index (κ3) is 4.92. The number of aryl methyl sites for hydroxylation is 1. The van der Waals surface area contributed by atoms with Crippen LogP contribution in [0.3, 0.4) is 0 Å². The van der Waals surface area contributed by atoms with Crippen LogP contribution in [-0.2, 0) is 4.74 Å². The third-order valence-corrected chi connectivity index (χ3v) is 3.77. The van der Waals surface area contributed by atoms with Crippen molar-refractivity contribution in [1.82, 2.24) is 5.32 Å². The van der Waals surface area contributed by atoms with Crippen molar-refractivity contribution in [2.24, 2.45) is 0 Å². The largest absolute Gasteiger partial charge is 0.491 e. The quantitative estimate of drug-likeness (QED) is 0.880. The fourth-order valence-electron chi connectivity index (χ4n) is 1.92. The van der Waals surface area contributed by atoms with Crippen LogP contribution in [0.2, 0.25) is 0 Å². The average Bonchev–Trinajstić information content (AvgIpc) is 3.08. The van der Waals surface area contributed by atoms with Gasteiger partial charge in [-0.15, -0.1) is 0 Å². The van der Waals surface area contributed by atoms with Gasteiger partial charge in [0.25, 0.3) is 0 Å². The average molecular weight is 356 g/mol. The molecule has 0 aliphatic heterocycles. The molecule has 2 rings (SSSR count). The second-order valence-electron chi connectivity index (χ2n) is 6.61. The topological polar surface area (TPSA) is 47.6 Å². The first kappa shape index (κ1) is 16.1. The Bertz CT molecular complexity index is 533. The molecule has 0 atom stereocenters. The van der Waals surface area contributed by atoms with Crippen molar-refractivity contribution in [1.29, 1.82) is 0 Å². The van der Waals surface area contributed by atoms with E-state index in [0.29, 0.717) is 6.61 Å². The first-order valence-corrected chi connectivity index (χ1v) is 7.89. The van der Waals surface area contributed by atoms with E-state index in [-0.39, 0.29) is 11.6 Å². The van der Waals surface area contributed by atoms with Crippen LogP contribution in [0.1, 0.15) is 39.2 Å². The maximum absolute atomic E-state index is 11.9. The van der Waals surface area contributed by atoms with Crippen LogP contribution in [0.5, 0.6) is 5.75 Å². The van der Waals surface area contributed by atoms with Gasteiger partial charge in [0, 0.05) is 4.47 Å². The van der Waals surface area contributed by atoms with Crippen LogP contribution >= 0.6 is 15.9 Å². The molecule has 4 nitrogen and oxygen atoms in total. The zero-order valence-electron chi connectivity index (χ0n) is 13.0. The summed E-state index contributed by atoms with van der Waals surface area (Å²) in [5, 5.41) is 2.93. The zero-order valence-corrected chi connectivity index (χ0v) is 14.5. The number of halogens is 1. The van der Waals surface area contributed by atoms with Crippen molar-refractivity contribution in [3.63, 3.8) is 0 Å². The van der Waals surface area contributed by atoms with Gasteiger partial charge in [-0.05, 0) is 58.2 Å². The normalized spacial score (nSPS) is 16.2. The van der Waals surface area contributed by atoms with Crippen LogP contribution in [0.25, 0.3) is 0 Å². The Morgan fingerprint density at radius 1 is 1.38 bits per heavy atom. The van der Waals surface area contributed by atoms with Crippen molar-refractivity contribution in [3.8, 4) is 5.75 Å². The van der Waals surface area contributed by atoms with E-state index in [2.05, 4.69) is 21.2 Å². The van der Waals surface area contributed by atoms with E-state index in [9.17, 15) is 4.79 Å². The van der Waals surface area contributed by atoms with E-state index in [1.807, 2.05) is 45.9 Å². The van der Waals surface area contributed by atoms with Gasteiger partial charge in [0.05, 0.1) is 5.54 Å². The highest BCUT2D eigenvalue weighted by molar-refractivity contribution is 9.10. The first-order chi connectivity index (χ1) is 9.69. The van der Waals surface area contributed by atoms with Gasteiger partial charge < -0.3 is 14.8 Å². The number of alkyl carbamates (subject to hydrolysis) is 1. The molecule has 0 unspecified atom stereocenters. The zero-order chi connectivity index (χ0) is 15.7. The number of carbonyl (C=O) groups is 1. The number of carbonyl (C=O) groups excluding carboxylic acids is 1. The molecular weight excluding hydrogens is 334 g/mol. The molecule has 1 N–H and O–H groups in total. The van der Waals surface area contributed by atoms with Gasteiger partial charge >= 0.3 is 6.09 Å². The standard InChI is InChI=1S/C16H22BrNO3/c1-11-5-6-12(17)9-13(11)20-10-16(7-8-16)18-14(19)21-15(2,3)4/h5-6,9H,7-8,10H2,1-4H3,(H,18,19). The molecule has 1 fully saturated rings. The molecule has 1 saturated carbocycles. The van der Waals surface area contributed by atoms with Crippen LogP contribution in [0.15, 0.2) is 22.7 Å². The molecule has 1 aromatic carbocycles. The van der Waals surface area contributed by atoms with Crippen LogP contribution in [0.4, 0.5) is 4.79 Å². The highest BCUT2D eigenvalue weighted by atomic mass is 79.9. The summed E-state index contributed by atoms with van der Waals surface area (Å²) in [7, 11) is 0. The van der Waals surface area contributed by atoms with Crippen molar-refractivity contribution in [2.75, 3.05) is 6.61 Å². The number of amides is 1. The highest BCUT2D eigenvalue weighted by Gasteiger charge is 2.46. The van der Waals surface area contributed by atoms with E-state index in [1.165, 1.54) is 0 Å². The number of hydrogen-bond acceptors (Lipinski definition) is 3. The lowest BCUT2D eigenvalue weighted by Crippen LogP contribution is -2.44. The molecular formula is C16H22BrNO3. The minimum Gasteiger partial charge on any atom is -0.491 e. The van der Waals surface area contributed by atoms with E-state index in [0.717, 1.165) is 28.6 Å². The van der Waals surface area contributed by atoms with Crippen molar-refractivity contribution in [2.45, 2.75) is 51.7 Å². The Kier molecular flexibility index (Phi) is 4.51. The third-order valence-electron chi connectivity index (χ3n) is 3.27. The van der Waals surface area contributed by atoms with E-state index in [4.69, 9.17) is 9.47 Å². The number of ether oxygens (including phenoxy) is 2. The maximum atomic E-state index is 11.9. The van der Waals surface area contributed by atoms with E-state index in [1.54, 1.807) is 0 Å². The Morgan fingerprint density at radius 3 is 2.62 bits per heavy atom. The lowest BCUT2D eigenvalue weighted by molar-refractivity contribution is 0.0477. The summed E-state index contributed by atoms with van der Waals surface area (Å²) in [4.78, 5) is 11.9. The van der Waals surface area contributed by atoms with Gasteiger partial charge in [0.15, 0.2) is 0 Å². The number of rotatable bonds is 4. The SMILES string of the molecule is Cc1ccc(Br)cc1OCC1(NC(=O)OC(C)(C)C)CC1. The summed E-state index contributed by atoms with van der Waals surface area (Å²) >= 11 is 3.44. The van der Waals surface area contributed by atoms with Crippen molar-refractivity contribution >= 4 is 22.0 Å². The summed E-state index contributed by atoms with van der Waals surface area (Å²) in [6, 6.07) is 5.92.